The molecule has 0 radical (unpaired) electrons. The van der Waals surface area contributed by atoms with Crippen LogP contribution in [0.5, 0.6) is 0 Å². The van der Waals surface area contributed by atoms with Crippen molar-refractivity contribution in [1.82, 2.24) is 5.32 Å². The van der Waals surface area contributed by atoms with Crippen molar-refractivity contribution in [2.75, 3.05) is 13.2 Å². The van der Waals surface area contributed by atoms with Gasteiger partial charge in [-0.05, 0) is 50.6 Å². The fraction of sp³-hybridized carbons (Fsp3) is 0.733. The molecule has 1 aromatic heterocycles. The molecule has 2 unspecified atom stereocenters. The Morgan fingerprint density at radius 3 is 2.85 bits per heavy atom. The Bertz CT molecular complexity index is 472. The van der Waals surface area contributed by atoms with E-state index in [9.17, 15) is 0 Å². The van der Waals surface area contributed by atoms with Crippen molar-refractivity contribution < 1.29 is 4.74 Å². The van der Waals surface area contributed by atoms with Gasteiger partial charge in [-0.3, -0.25) is 0 Å². The summed E-state index contributed by atoms with van der Waals surface area (Å²) in [7, 11) is 0. The van der Waals surface area contributed by atoms with E-state index in [1.807, 2.05) is 6.07 Å². The lowest BCUT2D eigenvalue weighted by molar-refractivity contribution is -0.147. The summed E-state index contributed by atoms with van der Waals surface area (Å²) in [4.78, 5) is 0. The van der Waals surface area contributed by atoms with Crippen LogP contribution in [0.3, 0.4) is 0 Å². The van der Waals surface area contributed by atoms with E-state index in [0.29, 0.717) is 12.0 Å². The molecule has 5 heteroatoms. The average molecular weight is 334 g/mol. The van der Waals surface area contributed by atoms with Gasteiger partial charge in [-0.1, -0.05) is 30.1 Å². The van der Waals surface area contributed by atoms with Gasteiger partial charge < -0.3 is 10.1 Å². The van der Waals surface area contributed by atoms with Crippen molar-refractivity contribution in [3.8, 4) is 0 Å². The number of halogens is 2. The summed E-state index contributed by atoms with van der Waals surface area (Å²) in [6.45, 7) is 3.97. The predicted molar refractivity (Wildman–Crippen MR) is 86.0 cm³/mol. The Morgan fingerprint density at radius 1 is 1.50 bits per heavy atom. The third-order valence-corrected chi connectivity index (χ3v) is 6.23. The summed E-state index contributed by atoms with van der Waals surface area (Å²) < 4.78 is 7.65. The monoisotopic (exact) mass is 333 g/mol. The average Bonchev–Trinajstić information content (AvgIpc) is 2.73. The molecule has 1 aromatic rings. The van der Waals surface area contributed by atoms with Gasteiger partial charge in [-0.25, -0.2) is 0 Å². The van der Waals surface area contributed by atoms with Gasteiger partial charge in [0.2, 0.25) is 0 Å². The van der Waals surface area contributed by atoms with Crippen LogP contribution in [0.2, 0.25) is 8.67 Å². The molecule has 1 aliphatic heterocycles. The van der Waals surface area contributed by atoms with Crippen molar-refractivity contribution in [3.05, 3.63) is 20.3 Å². The van der Waals surface area contributed by atoms with Crippen LogP contribution in [0.15, 0.2) is 6.07 Å². The number of thiophene rings is 1. The molecule has 112 valence electrons. The Kier molecular flexibility index (Phi) is 4.63. The second-order valence-corrected chi connectivity index (χ2v) is 8.24. The van der Waals surface area contributed by atoms with Crippen LogP contribution in [0.4, 0.5) is 0 Å². The van der Waals surface area contributed by atoms with E-state index in [2.05, 4.69) is 12.2 Å². The minimum atomic E-state index is 0.170. The summed E-state index contributed by atoms with van der Waals surface area (Å²) in [5.74, 6) is 0.590. The molecule has 0 amide bonds. The zero-order valence-corrected chi connectivity index (χ0v) is 14.1. The minimum absolute atomic E-state index is 0.170. The molecule has 20 heavy (non-hydrogen) atoms. The first-order valence-corrected chi connectivity index (χ1v) is 9.03. The van der Waals surface area contributed by atoms with Crippen molar-refractivity contribution in [2.45, 2.75) is 50.7 Å². The molecule has 1 aliphatic carbocycles. The van der Waals surface area contributed by atoms with E-state index >= 15 is 0 Å². The highest BCUT2D eigenvalue weighted by atomic mass is 35.5. The lowest BCUT2D eigenvalue weighted by Gasteiger charge is -2.49. The maximum Gasteiger partial charge on any atom is 0.0992 e. The number of nitrogens with one attached hydrogen (secondary N) is 1. The lowest BCUT2D eigenvalue weighted by Crippen LogP contribution is -2.48. The third-order valence-electron chi connectivity index (χ3n) is 4.71. The normalized spacial score (nSPS) is 26.4. The van der Waals surface area contributed by atoms with Gasteiger partial charge in [0.25, 0.3) is 0 Å². The van der Waals surface area contributed by atoms with Crippen molar-refractivity contribution >= 4 is 34.5 Å². The lowest BCUT2D eigenvalue weighted by atomic mass is 9.70. The van der Waals surface area contributed by atoms with Crippen LogP contribution in [0.25, 0.3) is 0 Å². The highest BCUT2D eigenvalue weighted by Gasteiger charge is 2.44. The molecule has 2 aliphatic rings. The summed E-state index contributed by atoms with van der Waals surface area (Å²) in [6.07, 6.45) is 6.00. The van der Waals surface area contributed by atoms with Gasteiger partial charge >= 0.3 is 0 Å². The second kappa shape index (κ2) is 6.13. The Labute approximate surface area is 134 Å². The van der Waals surface area contributed by atoms with Gasteiger partial charge in [0, 0.05) is 18.2 Å². The van der Waals surface area contributed by atoms with E-state index in [4.69, 9.17) is 27.9 Å². The van der Waals surface area contributed by atoms with E-state index in [0.717, 1.165) is 34.7 Å². The fourth-order valence-corrected chi connectivity index (χ4v) is 5.13. The largest absolute Gasteiger partial charge is 0.375 e. The zero-order valence-electron chi connectivity index (χ0n) is 11.8. The predicted octanol–water partition coefficient (Wildman–Crippen LogP) is 5.05. The summed E-state index contributed by atoms with van der Waals surface area (Å²) in [6, 6.07) is 2.34. The molecule has 0 bridgehead atoms. The molecule has 2 atom stereocenters. The highest BCUT2D eigenvalue weighted by Crippen LogP contribution is 2.48. The van der Waals surface area contributed by atoms with Crippen LogP contribution >= 0.6 is 34.5 Å². The van der Waals surface area contributed by atoms with E-state index in [1.54, 1.807) is 0 Å². The Hall–Kier alpha value is 0.200. The standard InChI is InChI=1S/C15H21Cl2NOS/c1-2-18-13(11-8-12(16)20-14(11)17)10-4-7-19-15(9-10)5-3-6-15/h8,10,13,18H,2-7,9H2,1H3. The molecular weight excluding hydrogens is 313 g/mol. The van der Waals surface area contributed by atoms with Crippen molar-refractivity contribution in [1.29, 1.82) is 0 Å². The summed E-state index contributed by atoms with van der Waals surface area (Å²) in [5, 5.41) is 3.62. The quantitative estimate of drug-likeness (QED) is 0.831. The van der Waals surface area contributed by atoms with Gasteiger partial charge in [-0.2, -0.15) is 0 Å². The first kappa shape index (κ1) is 15.1. The molecule has 3 rings (SSSR count). The van der Waals surface area contributed by atoms with Crippen LogP contribution in [-0.4, -0.2) is 18.8 Å². The molecule has 1 spiro atoms. The van der Waals surface area contributed by atoms with Crippen LogP contribution < -0.4 is 5.32 Å². The van der Waals surface area contributed by atoms with Crippen molar-refractivity contribution in [2.24, 2.45) is 5.92 Å². The maximum atomic E-state index is 6.38. The number of hydrogen-bond donors (Lipinski definition) is 1. The Morgan fingerprint density at radius 2 is 2.30 bits per heavy atom. The van der Waals surface area contributed by atoms with E-state index in [1.165, 1.54) is 36.2 Å². The number of rotatable bonds is 4. The molecule has 1 saturated carbocycles. The summed E-state index contributed by atoms with van der Waals surface area (Å²) >= 11 is 14.0. The first-order valence-electron chi connectivity index (χ1n) is 7.45. The second-order valence-electron chi connectivity index (χ2n) is 5.95. The fourth-order valence-electron chi connectivity index (χ4n) is 3.59. The van der Waals surface area contributed by atoms with Crippen molar-refractivity contribution in [3.63, 3.8) is 0 Å². The molecule has 2 fully saturated rings. The van der Waals surface area contributed by atoms with E-state index < -0.39 is 0 Å². The number of hydrogen-bond acceptors (Lipinski definition) is 3. The van der Waals surface area contributed by atoms with Gasteiger partial charge in [0.15, 0.2) is 0 Å². The SMILES string of the molecule is CCNC(c1cc(Cl)sc1Cl)C1CCOC2(CCC2)C1. The topological polar surface area (TPSA) is 21.3 Å². The molecule has 0 aromatic carbocycles. The molecule has 1 N–H and O–H groups in total. The van der Waals surface area contributed by atoms with Crippen LogP contribution in [0, 0.1) is 5.92 Å². The van der Waals surface area contributed by atoms with Gasteiger partial charge in [0.05, 0.1) is 14.3 Å². The Balaban J connectivity index is 1.81. The maximum absolute atomic E-state index is 6.38. The zero-order chi connectivity index (χ0) is 14.2. The minimum Gasteiger partial charge on any atom is -0.375 e. The first-order chi connectivity index (χ1) is 9.63. The molecule has 1 saturated heterocycles. The molecule has 2 nitrogen and oxygen atoms in total. The summed E-state index contributed by atoms with van der Waals surface area (Å²) in [5.41, 5.74) is 1.34. The van der Waals surface area contributed by atoms with E-state index in [-0.39, 0.29) is 5.60 Å². The smallest absolute Gasteiger partial charge is 0.0992 e. The van der Waals surface area contributed by atoms with Gasteiger partial charge in [-0.15, -0.1) is 11.3 Å². The third kappa shape index (κ3) is 2.89. The number of ether oxygens (including phenoxy) is 1. The van der Waals surface area contributed by atoms with Gasteiger partial charge in [0.1, 0.15) is 0 Å². The molecule has 2 heterocycles. The van der Waals surface area contributed by atoms with Crippen LogP contribution in [0.1, 0.15) is 50.6 Å². The highest BCUT2D eigenvalue weighted by molar-refractivity contribution is 7.20. The molecular formula is C15H21Cl2NOS. The van der Waals surface area contributed by atoms with Crippen LogP contribution in [-0.2, 0) is 4.74 Å².